The van der Waals surface area contributed by atoms with Crippen LogP contribution < -0.4 is 10.6 Å². The van der Waals surface area contributed by atoms with E-state index in [0.29, 0.717) is 5.95 Å². The van der Waals surface area contributed by atoms with Crippen LogP contribution in [-0.4, -0.2) is 35.3 Å². The Kier molecular flexibility index (Phi) is 4.45. The number of aliphatic hydroxyl groups is 1. The lowest BCUT2D eigenvalue weighted by Crippen LogP contribution is -2.24. The fourth-order valence-corrected chi connectivity index (χ4v) is 2.88. The molecule has 0 aromatic carbocycles. The van der Waals surface area contributed by atoms with E-state index >= 15 is 0 Å². The van der Waals surface area contributed by atoms with Gasteiger partial charge in [0.05, 0.1) is 5.39 Å². The molecule has 0 unspecified atom stereocenters. The second-order valence-electron chi connectivity index (χ2n) is 5.71. The van der Waals surface area contributed by atoms with Gasteiger partial charge in [0.2, 0.25) is 5.95 Å². The van der Waals surface area contributed by atoms with E-state index in [0.717, 1.165) is 29.0 Å². The predicted octanol–water partition coefficient (Wildman–Crippen LogP) is 2.86. The number of fused-ring (bicyclic) bond motifs is 1. The third kappa shape index (κ3) is 3.37. The molecule has 3 N–H and O–H groups in total. The van der Waals surface area contributed by atoms with Gasteiger partial charge in [-0.15, -0.1) is 11.3 Å². The summed E-state index contributed by atoms with van der Waals surface area (Å²) in [7, 11) is 1.82. The molecule has 0 bridgehead atoms. The number of anilines is 2. The Morgan fingerprint density at radius 1 is 1.35 bits per heavy atom. The van der Waals surface area contributed by atoms with E-state index in [4.69, 9.17) is 5.11 Å². The Morgan fingerprint density at radius 3 is 2.75 bits per heavy atom. The van der Waals surface area contributed by atoms with E-state index in [9.17, 15) is 0 Å². The quantitative estimate of drug-likeness (QED) is 0.764. The normalized spacial score (nSPS) is 11.8. The molecule has 2 rings (SSSR count). The highest BCUT2D eigenvalue weighted by molar-refractivity contribution is 7.18. The molecule has 0 saturated heterocycles. The van der Waals surface area contributed by atoms with E-state index < -0.39 is 0 Å². The molecule has 0 aliphatic heterocycles. The van der Waals surface area contributed by atoms with Crippen molar-refractivity contribution in [3.8, 4) is 0 Å². The van der Waals surface area contributed by atoms with Crippen molar-refractivity contribution in [2.75, 3.05) is 30.8 Å². The van der Waals surface area contributed by atoms with Crippen LogP contribution in [0.25, 0.3) is 10.2 Å². The van der Waals surface area contributed by atoms with Crippen LogP contribution in [0.2, 0.25) is 0 Å². The zero-order chi connectivity index (χ0) is 14.8. The molecule has 0 fully saturated rings. The molecule has 2 aromatic heterocycles. The van der Waals surface area contributed by atoms with E-state index in [-0.39, 0.29) is 12.0 Å². The minimum absolute atomic E-state index is 0.0247. The van der Waals surface area contributed by atoms with Gasteiger partial charge in [0.15, 0.2) is 0 Å². The largest absolute Gasteiger partial charge is 0.396 e. The highest BCUT2D eigenvalue weighted by Gasteiger charge is 2.18. The monoisotopic (exact) mass is 294 g/mol. The molecule has 0 aliphatic rings. The average molecular weight is 294 g/mol. The molecule has 6 heteroatoms. The maximum Gasteiger partial charge on any atom is 0.225 e. The highest BCUT2D eigenvalue weighted by Crippen LogP contribution is 2.30. The zero-order valence-electron chi connectivity index (χ0n) is 12.4. The van der Waals surface area contributed by atoms with Gasteiger partial charge in [-0.25, -0.2) is 4.98 Å². The SMILES string of the molecule is CNc1nc(NCC(C)(C)CCO)c2cc(C)sc2n1. The van der Waals surface area contributed by atoms with E-state index in [1.54, 1.807) is 11.3 Å². The van der Waals surface area contributed by atoms with Gasteiger partial charge < -0.3 is 15.7 Å². The minimum atomic E-state index is 0.0247. The molecule has 0 radical (unpaired) electrons. The lowest BCUT2D eigenvalue weighted by Gasteiger charge is -2.24. The fraction of sp³-hybridized carbons (Fsp3) is 0.571. The van der Waals surface area contributed by atoms with Crippen LogP contribution in [0.5, 0.6) is 0 Å². The van der Waals surface area contributed by atoms with Gasteiger partial charge >= 0.3 is 0 Å². The maximum atomic E-state index is 9.09. The molecule has 2 heterocycles. The number of aliphatic hydroxyl groups excluding tert-OH is 1. The summed E-state index contributed by atoms with van der Waals surface area (Å²) in [5, 5.41) is 16.6. The van der Waals surface area contributed by atoms with Crippen molar-refractivity contribution in [1.29, 1.82) is 0 Å². The molecule has 0 spiro atoms. The van der Waals surface area contributed by atoms with Crippen molar-refractivity contribution in [2.45, 2.75) is 27.2 Å². The maximum absolute atomic E-state index is 9.09. The Bertz CT molecular complexity index is 594. The number of hydrogen-bond acceptors (Lipinski definition) is 6. The molecule has 0 aliphatic carbocycles. The lowest BCUT2D eigenvalue weighted by atomic mass is 9.90. The van der Waals surface area contributed by atoms with Gasteiger partial charge in [-0.3, -0.25) is 0 Å². The first-order valence-corrected chi connectivity index (χ1v) is 7.57. The number of aryl methyl sites for hydroxylation is 1. The molecule has 2 aromatic rings. The van der Waals surface area contributed by atoms with Crippen LogP contribution in [0.3, 0.4) is 0 Å². The van der Waals surface area contributed by atoms with Crippen LogP contribution in [0.1, 0.15) is 25.1 Å². The zero-order valence-corrected chi connectivity index (χ0v) is 13.3. The summed E-state index contributed by atoms with van der Waals surface area (Å²) in [5.74, 6) is 1.48. The first kappa shape index (κ1) is 15.0. The standard InChI is InChI=1S/C14H22N4OS/c1-9-7-10-11(16-8-14(2,3)5-6-19)17-13(15-4)18-12(10)20-9/h7,19H,5-6,8H2,1-4H3,(H2,15,16,17,18). The van der Waals surface area contributed by atoms with Gasteiger partial charge in [-0.05, 0) is 24.8 Å². The number of thiophene rings is 1. The Morgan fingerprint density at radius 2 is 2.10 bits per heavy atom. The van der Waals surface area contributed by atoms with Gasteiger partial charge in [-0.1, -0.05) is 13.8 Å². The molecular weight excluding hydrogens is 272 g/mol. The number of nitrogens with zero attached hydrogens (tertiary/aromatic N) is 2. The average Bonchev–Trinajstić information content (AvgIpc) is 2.76. The van der Waals surface area contributed by atoms with Crippen LogP contribution in [0.15, 0.2) is 6.07 Å². The highest BCUT2D eigenvalue weighted by atomic mass is 32.1. The lowest BCUT2D eigenvalue weighted by molar-refractivity contribution is 0.220. The number of hydrogen-bond donors (Lipinski definition) is 3. The summed E-state index contributed by atoms with van der Waals surface area (Å²) in [5.41, 5.74) is 0.0247. The smallest absolute Gasteiger partial charge is 0.225 e. The number of nitrogens with one attached hydrogen (secondary N) is 2. The Balaban J connectivity index is 2.28. The van der Waals surface area contributed by atoms with Gasteiger partial charge in [0, 0.05) is 25.1 Å². The summed E-state index contributed by atoms with van der Waals surface area (Å²) in [4.78, 5) is 11.2. The van der Waals surface area contributed by atoms with Crippen LogP contribution in [0, 0.1) is 12.3 Å². The summed E-state index contributed by atoms with van der Waals surface area (Å²) in [6.45, 7) is 7.30. The van der Waals surface area contributed by atoms with Crippen molar-refractivity contribution < 1.29 is 5.11 Å². The Hall–Kier alpha value is -1.40. The molecule has 0 saturated carbocycles. The summed E-state index contributed by atoms with van der Waals surface area (Å²) >= 11 is 1.67. The third-order valence-electron chi connectivity index (χ3n) is 3.26. The van der Waals surface area contributed by atoms with Crippen LogP contribution in [-0.2, 0) is 0 Å². The fourth-order valence-electron chi connectivity index (χ4n) is 2.00. The second-order valence-corrected chi connectivity index (χ2v) is 6.95. The summed E-state index contributed by atoms with van der Waals surface area (Å²) < 4.78 is 0. The van der Waals surface area contributed by atoms with E-state index in [1.165, 1.54) is 4.88 Å². The van der Waals surface area contributed by atoms with Crippen LogP contribution >= 0.6 is 11.3 Å². The molecule has 0 amide bonds. The molecule has 0 atom stereocenters. The molecule has 20 heavy (non-hydrogen) atoms. The molecular formula is C14H22N4OS. The van der Waals surface area contributed by atoms with Gasteiger partial charge in [0.25, 0.3) is 0 Å². The van der Waals surface area contributed by atoms with Crippen molar-refractivity contribution in [3.05, 3.63) is 10.9 Å². The second kappa shape index (κ2) is 5.93. The van der Waals surface area contributed by atoms with Crippen molar-refractivity contribution in [1.82, 2.24) is 9.97 Å². The minimum Gasteiger partial charge on any atom is -0.396 e. The number of rotatable bonds is 6. The Labute approximate surface area is 123 Å². The van der Waals surface area contributed by atoms with Crippen LogP contribution in [0.4, 0.5) is 11.8 Å². The van der Waals surface area contributed by atoms with Crippen molar-refractivity contribution >= 4 is 33.3 Å². The van der Waals surface area contributed by atoms with E-state index in [1.807, 2.05) is 7.05 Å². The topological polar surface area (TPSA) is 70.1 Å². The van der Waals surface area contributed by atoms with Gasteiger partial charge in [-0.2, -0.15) is 4.98 Å². The number of aromatic nitrogens is 2. The molecule has 110 valence electrons. The van der Waals surface area contributed by atoms with Crippen molar-refractivity contribution in [2.24, 2.45) is 5.41 Å². The van der Waals surface area contributed by atoms with Gasteiger partial charge in [0.1, 0.15) is 10.6 Å². The first-order valence-electron chi connectivity index (χ1n) is 6.76. The third-order valence-corrected chi connectivity index (χ3v) is 4.21. The molecule has 5 nitrogen and oxygen atoms in total. The summed E-state index contributed by atoms with van der Waals surface area (Å²) in [6.07, 6.45) is 0.760. The first-order chi connectivity index (χ1) is 9.45. The van der Waals surface area contributed by atoms with Crippen molar-refractivity contribution in [3.63, 3.8) is 0 Å². The van der Waals surface area contributed by atoms with E-state index in [2.05, 4.69) is 47.4 Å². The predicted molar refractivity (Wildman–Crippen MR) is 85.7 cm³/mol. The summed E-state index contributed by atoms with van der Waals surface area (Å²) in [6, 6.07) is 2.11.